The molecule has 0 unspecified atom stereocenters. The lowest BCUT2D eigenvalue weighted by atomic mass is 9.91. The van der Waals surface area contributed by atoms with Gasteiger partial charge in [-0.3, -0.25) is 9.69 Å². The van der Waals surface area contributed by atoms with E-state index >= 15 is 0 Å². The second kappa shape index (κ2) is 8.84. The van der Waals surface area contributed by atoms with E-state index in [0.717, 1.165) is 41.9 Å². The number of methoxy groups -OCH3 is 1. The first-order chi connectivity index (χ1) is 16.4. The molecule has 178 valence electrons. The van der Waals surface area contributed by atoms with Gasteiger partial charge >= 0.3 is 0 Å². The topological polar surface area (TPSA) is 63.9 Å². The number of nitrogens with zero attached hydrogens (tertiary/aromatic N) is 2. The monoisotopic (exact) mass is 460 g/mol. The Kier molecular flexibility index (Phi) is 5.86. The Morgan fingerprint density at radius 2 is 1.94 bits per heavy atom. The number of phenolic OH excluding ortho intramolecular Hbond substituents is 1. The number of ether oxygens (including phenoxy) is 2. The van der Waals surface area contributed by atoms with Crippen LogP contribution in [-0.2, 0) is 13.1 Å². The van der Waals surface area contributed by atoms with Crippen molar-refractivity contribution in [2.75, 3.05) is 20.2 Å². The molecule has 2 aromatic carbocycles. The molecule has 0 saturated carbocycles. The molecule has 0 spiro atoms. The van der Waals surface area contributed by atoms with Gasteiger partial charge in [-0.2, -0.15) is 0 Å². The maximum absolute atomic E-state index is 13.3. The van der Waals surface area contributed by atoms with E-state index in [2.05, 4.69) is 30.2 Å². The minimum atomic E-state index is -0.156. The summed E-state index contributed by atoms with van der Waals surface area (Å²) in [5.74, 6) is 2.75. The van der Waals surface area contributed by atoms with Gasteiger partial charge in [0, 0.05) is 48.8 Å². The van der Waals surface area contributed by atoms with E-state index in [1.165, 1.54) is 6.42 Å². The van der Waals surface area contributed by atoms with E-state index < -0.39 is 0 Å². The molecule has 3 aromatic rings. The van der Waals surface area contributed by atoms with Crippen LogP contribution in [0.25, 0.3) is 17.0 Å². The number of ketones is 1. The van der Waals surface area contributed by atoms with Crippen molar-refractivity contribution in [3.8, 4) is 17.2 Å². The highest BCUT2D eigenvalue weighted by Crippen LogP contribution is 2.41. The molecule has 6 heteroatoms. The molecule has 1 N–H and O–H groups in total. The van der Waals surface area contributed by atoms with E-state index in [1.807, 2.05) is 30.5 Å². The first-order valence-electron chi connectivity index (χ1n) is 12.1. The highest BCUT2D eigenvalue weighted by Gasteiger charge is 2.33. The number of carbonyl (C=O) groups is 1. The summed E-state index contributed by atoms with van der Waals surface area (Å²) >= 11 is 0. The third kappa shape index (κ3) is 3.96. The fourth-order valence-electron chi connectivity index (χ4n) is 5.54. The van der Waals surface area contributed by atoms with Gasteiger partial charge in [-0.15, -0.1) is 0 Å². The van der Waals surface area contributed by atoms with Crippen molar-refractivity contribution in [3.05, 3.63) is 59.0 Å². The lowest BCUT2D eigenvalue weighted by Gasteiger charge is -2.35. The molecule has 2 atom stereocenters. The van der Waals surface area contributed by atoms with Crippen LogP contribution in [0, 0.1) is 11.8 Å². The number of carbonyl (C=O) groups excluding carboxylic acids is 1. The normalized spacial score (nSPS) is 21.8. The van der Waals surface area contributed by atoms with Crippen molar-refractivity contribution in [3.63, 3.8) is 0 Å². The standard InChI is InChI=1S/C28H32N2O4/c1-5-30-15-19(22-12-20(33-4)6-8-24(22)30)11-26-27(32)21-7-9-25(31)23(28(21)34-26)16-29-13-17(2)10-18(3)14-29/h6-9,11-12,15,17-18,31H,5,10,13-14,16H2,1-4H3/b26-11-/t17-,18-/m0/s1. The Labute approximate surface area is 200 Å². The third-order valence-corrected chi connectivity index (χ3v) is 6.99. The Morgan fingerprint density at radius 1 is 1.18 bits per heavy atom. The van der Waals surface area contributed by atoms with Crippen molar-refractivity contribution in [2.45, 2.75) is 40.3 Å². The quantitative estimate of drug-likeness (QED) is 0.512. The molecule has 0 bridgehead atoms. The molecule has 6 nitrogen and oxygen atoms in total. The number of allylic oxidation sites excluding steroid dienone is 1. The maximum atomic E-state index is 13.3. The van der Waals surface area contributed by atoms with Crippen LogP contribution in [0.15, 0.2) is 42.3 Å². The van der Waals surface area contributed by atoms with Gasteiger partial charge in [0.2, 0.25) is 5.78 Å². The Morgan fingerprint density at radius 3 is 2.65 bits per heavy atom. The number of likely N-dealkylation sites (tertiary alicyclic amines) is 1. The van der Waals surface area contributed by atoms with Crippen LogP contribution in [0.1, 0.15) is 48.7 Å². The number of Topliss-reactive ketones (excluding diaryl/α,β-unsaturated/α-hetero) is 1. The second-order valence-electron chi connectivity index (χ2n) is 9.77. The molecular weight excluding hydrogens is 428 g/mol. The van der Waals surface area contributed by atoms with Crippen molar-refractivity contribution in [1.29, 1.82) is 0 Å². The van der Waals surface area contributed by atoms with Gasteiger partial charge in [-0.25, -0.2) is 0 Å². The number of hydrogen-bond donors (Lipinski definition) is 1. The van der Waals surface area contributed by atoms with Crippen molar-refractivity contribution in [2.24, 2.45) is 11.8 Å². The number of phenols is 1. The SMILES string of the molecule is CCn1cc(/C=C2\Oc3c(ccc(O)c3CN3C[C@@H](C)C[C@H](C)C3)C2=O)c2cc(OC)ccc21. The predicted octanol–water partition coefficient (Wildman–Crippen LogP) is 5.47. The molecule has 0 radical (unpaired) electrons. The fourth-order valence-corrected chi connectivity index (χ4v) is 5.54. The largest absolute Gasteiger partial charge is 0.507 e. The summed E-state index contributed by atoms with van der Waals surface area (Å²) in [7, 11) is 1.65. The van der Waals surface area contributed by atoms with E-state index in [0.29, 0.717) is 35.3 Å². The van der Waals surface area contributed by atoms with E-state index in [1.54, 1.807) is 19.2 Å². The molecule has 1 saturated heterocycles. The smallest absolute Gasteiger partial charge is 0.231 e. The maximum Gasteiger partial charge on any atom is 0.231 e. The Balaban J connectivity index is 1.51. The van der Waals surface area contributed by atoms with Crippen molar-refractivity contribution < 1.29 is 19.4 Å². The molecule has 2 aliphatic rings. The van der Waals surface area contributed by atoms with Crippen LogP contribution >= 0.6 is 0 Å². The zero-order chi connectivity index (χ0) is 24.0. The zero-order valence-electron chi connectivity index (χ0n) is 20.3. The van der Waals surface area contributed by atoms with Gasteiger partial charge in [-0.1, -0.05) is 13.8 Å². The van der Waals surface area contributed by atoms with E-state index in [4.69, 9.17) is 9.47 Å². The van der Waals surface area contributed by atoms with Crippen LogP contribution in [0.2, 0.25) is 0 Å². The number of piperidine rings is 1. The Hall–Kier alpha value is -3.25. The highest BCUT2D eigenvalue weighted by molar-refractivity contribution is 6.15. The minimum absolute atomic E-state index is 0.156. The third-order valence-electron chi connectivity index (χ3n) is 6.99. The van der Waals surface area contributed by atoms with Crippen LogP contribution in [-0.4, -0.2) is 40.6 Å². The highest BCUT2D eigenvalue weighted by atomic mass is 16.5. The predicted molar refractivity (Wildman–Crippen MR) is 133 cm³/mol. The lowest BCUT2D eigenvalue weighted by Crippen LogP contribution is -2.38. The van der Waals surface area contributed by atoms with E-state index in [9.17, 15) is 9.90 Å². The van der Waals surface area contributed by atoms with Crippen molar-refractivity contribution >= 4 is 22.8 Å². The van der Waals surface area contributed by atoms with Gasteiger partial charge in [0.25, 0.3) is 0 Å². The molecule has 5 rings (SSSR count). The summed E-state index contributed by atoms with van der Waals surface area (Å²) in [6, 6.07) is 9.23. The van der Waals surface area contributed by atoms with Gasteiger partial charge < -0.3 is 19.1 Å². The molecule has 2 aliphatic heterocycles. The molecule has 34 heavy (non-hydrogen) atoms. The summed E-state index contributed by atoms with van der Waals surface area (Å²) in [5, 5.41) is 11.7. The second-order valence-corrected chi connectivity index (χ2v) is 9.77. The van der Waals surface area contributed by atoms with Crippen LogP contribution in [0.5, 0.6) is 17.2 Å². The number of fused-ring (bicyclic) bond motifs is 2. The molecule has 3 heterocycles. The number of aromatic hydroxyl groups is 1. The number of rotatable bonds is 5. The molecule has 0 aliphatic carbocycles. The van der Waals surface area contributed by atoms with Crippen LogP contribution in [0.3, 0.4) is 0 Å². The number of benzene rings is 2. The van der Waals surface area contributed by atoms with Gasteiger partial charge in [0.1, 0.15) is 17.2 Å². The summed E-state index contributed by atoms with van der Waals surface area (Å²) in [6.07, 6.45) is 5.06. The molecular formula is C28H32N2O4. The molecule has 1 fully saturated rings. The fraction of sp³-hybridized carbons (Fsp3) is 0.393. The average Bonchev–Trinajstić information content (AvgIpc) is 3.32. The van der Waals surface area contributed by atoms with Gasteiger partial charge in [0.05, 0.1) is 18.2 Å². The van der Waals surface area contributed by atoms with Crippen LogP contribution in [0.4, 0.5) is 0 Å². The summed E-state index contributed by atoms with van der Waals surface area (Å²) < 4.78 is 13.7. The zero-order valence-corrected chi connectivity index (χ0v) is 20.3. The first-order valence-corrected chi connectivity index (χ1v) is 12.1. The minimum Gasteiger partial charge on any atom is -0.507 e. The molecule has 0 amide bonds. The van der Waals surface area contributed by atoms with E-state index in [-0.39, 0.29) is 17.3 Å². The summed E-state index contributed by atoms with van der Waals surface area (Å²) in [6.45, 7) is 9.94. The number of aromatic nitrogens is 1. The average molecular weight is 461 g/mol. The van der Waals surface area contributed by atoms with Gasteiger partial charge in [-0.05, 0) is 61.6 Å². The lowest BCUT2D eigenvalue weighted by molar-refractivity contribution is 0.101. The number of hydrogen-bond acceptors (Lipinski definition) is 5. The van der Waals surface area contributed by atoms with Crippen molar-refractivity contribution in [1.82, 2.24) is 9.47 Å². The summed E-state index contributed by atoms with van der Waals surface area (Å²) in [4.78, 5) is 15.6. The molecule has 1 aromatic heterocycles. The first kappa shape index (κ1) is 22.5. The van der Waals surface area contributed by atoms with Crippen LogP contribution < -0.4 is 9.47 Å². The Bertz CT molecular complexity index is 1280. The van der Waals surface area contributed by atoms with Gasteiger partial charge in [0.15, 0.2) is 5.76 Å². The number of aryl methyl sites for hydroxylation is 1. The summed E-state index contributed by atoms with van der Waals surface area (Å²) in [5.41, 5.74) is 3.17.